The third-order valence-electron chi connectivity index (χ3n) is 6.02. The molecule has 1 atom stereocenters. The molecule has 5 heteroatoms. The quantitative estimate of drug-likeness (QED) is 0.860. The summed E-state index contributed by atoms with van der Waals surface area (Å²) in [5, 5.41) is 2.93. The number of ether oxygens (including phenoxy) is 1. The topological polar surface area (TPSA) is 58.6 Å². The first kappa shape index (κ1) is 15.5. The number of piperidine rings is 1. The van der Waals surface area contributed by atoms with E-state index in [2.05, 4.69) is 36.5 Å². The summed E-state index contributed by atoms with van der Waals surface area (Å²) in [6, 6.07) is 8.46. The largest absolute Gasteiger partial charge is 0.447 e. The third kappa shape index (κ3) is 2.56. The van der Waals surface area contributed by atoms with Crippen LogP contribution in [0.25, 0.3) is 0 Å². The minimum atomic E-state index is -0.328. The Labute approximate surface area is 142 Å². The van der Waals surface area contributed by atoms with Crippen molar-refractivity contribution >= 4 is 12.0 Å². The van der Waals surface area contributed by atoms with Crippen LogP contribution in [-0.2, 0) is 22.4 Å². The number of benzene rings is 1. The van der Waals surface area contributed by atoms with Gasteiger partial charge in [0.25, 0.3) is 0 Å². The molecule has 3 aliphatic rings. The summed E-state index contributed by atoms with van der Waals surface area (Å²) in [6.07, 6.45) is 3.92. The number of hydrogen-bond donors (Lipinski definition) is 1. The molecular weight excluding hydrogens is 304 g/mol. The summed E-state index contributed by atoms with van der Waals surface area (Å²) >= 11 is 0. The number of carbonyl (C=O) groups excluding carboxylic acids is 2. The van der Waals surface area contributed by atoms with Gasteiger partial charge in [-0.1, -0.05) is 31.2 Å². The van der Waals surface area contributed by atoms with E-state index in [0.29, 0.717) is 19.7 Å². The Morgan fingerprint density at radius 1 is 1.17 bits per heavy atom. The first-order chi connectivity index (χ1) is 11.5. The van der Waals surface area contributed by atoms with Crippen LogP contribution in [0.5, 0.6) is 0 Å². The van der Waals surface area contributed by atoms with Gasteiger partial charge in [0.1, 0.15) is 6.61 Å². The highest BCUT2D eigenvalue weighted by Crippen LogP contribution is 2.38. The van der Waals surface area contributed by atoms with Gasteiger partial charge in [0.2, 0.25) is 5.91 Å². The van der Waals surface area contributed by atoms with Crippen molar-refractivity contribution in [2.24, 2.45) is 5.41 Å². The fourth-order valence-corrected chi connectivity index (χ4v) is 4.36. The Hall–Kier alpha value is -2.04. The molecule has 1 aromatic carbocycles. The molecule has 1 aliphatic carbocycles. The Kier molecular flexibility index (Phi) is 3.55. The highest BCUT2D eigenvalue weighted by molar-refractivity contribution is 5.83. The average Bonchev–Trinajstić information content (AvgIpc) is 2.95. The predicted molar refractivity (Wildman–Crippen MR) is 89.6 cm³/mol. The van der Waals surface area contributed by atoms with Crippen LogP contribution in [-0.4, -0.2) is 42.1 Å². The Bertz CT molecular complexity index is 679. The number of hydrogen-bond acceptors (Lipinski definition) is 3. The number of cyclic esters (lactones) is 1. The first-order valence-electron chi connectivity index (χ1n) is 8.81. The molecule has 128 valence electrons. The standard InChI is InChI=1S/C19H24N2O3/c1-18(7-6-14-4-2-3-5-15(14)12-18)16(22)21-10-8-19(9-11-21)13-24-17(23)20-19/h2-5H,6-13H2,1H3,(H,20,23). The van der Waals surface area contributed by atoms with Crippen LogP contribution >= 0.6 is 0 Å². The number of nitrogens with one attached hydrogen (secondary N) is 1. The molecule has 5 nitrogen and oxygen atoms in total. The van der Waals surface area contributed by atoms with Gasteiger partial charge < -0.3 is 15.0 Å². The van der Waals surface area contributed by atoms with E-state index in [1.807, 2.05) is 4.90 Å². The van der Waals surface area contributed by atoms with Gasteiger partial charge >= 0.3 is 6.09 Å². The maximum atomic E-state index is 13.2. The SMILES string of the molecule is CC1(C(=O)N2CCC3(CC2)COC(=O)N3)CCc2ccccc2C1. The molecule has 2 amide bonds. The second-order valence-electron chi connectivity index (χ2n) is 7.78. The molecule has 1 aromatic rings. The molecule has 0 saturated carbocycles. The number of rotatable bonds is 1. The summed E-state index contributed by atoms with van der Waals surface area (Å²) in [7, 11) is 0. The van der Waals surface area contributed by atoms with Crippen LogP contribution in [0.1, 0.15) is 37.3 Å². The molecular formula is C19H24N2O3. The summed E-state index contributed by atoms with van der Waals surface area (Å²) < 4.78 is 5.06. The number of likely N-dealkylation sites (tertiary alicyclic amines) is 1. The smallest absolute Gasteiger partial charge is 0.407 e. The first-order valence-corrected chi connectivity index (χ1v) is 8.81. The fourth-order valence-electron chi connectivity index (χ4n) is 4.36. The highest BCUT2D eigenvalue weighted by Gasteiger charge is 2.46. The van der Waals surface area contributed by atoms with E-state index in [9.17, 15) is 9.59 Å². The van der Waals surface area contributed by atoms with Crippen molar-refractivity contribution in [2.45, 2.75) is 44.6 Å². The number of fused-ring (bicyclic) bond motifs is 1. The maximum Gasteiger partial charge on any atom is 0.407 e. The molecule has 2 saturated heterocycles. The van der Waals surface area contributed by atoms with Crippen LogP contribution in [0.4, 0.5) is 4.79 Å². The van der Waals surface area contributed by atoms with Crippen molar-refractivity contribution in [3.63, 3.8) is 0 Å². The van der Waals surface area contributed by atoms with Gasteiger partial charge in [-0.25, -0.2) is 4.79 Å². The van der Waals surface area contributed by atoms with Crippen molar-refractivity contribution in [3.05, 3.63) is 35.4 Å². The van der Waals surface area contributed by atoms with Gasteiger partial charge in [-0.2, -0.15) is 0 Å². The molecule has 1 spiro atoms. The minimum absolute atomic E-state index is 0.256. The van der Waals surface area contributed by atoms with Gasteiger partial charge in [-0.05, 0) is 43.2 Å². The van der Waals surface area contributed by atoms with Crippen LogP contribution in [0, 0.1) is 5.41 Å². The third-order valence-corrected chi connectivity index (χ3v) is 6.02. The molecule has 24 heavy (non-hydrogen) atoms. The number of nitrogens with zero attached hydrogens (tertiary/aromatic N) is 1. The monoisotopic (exact) mass is 328 g/mol. The van der Waals surface area contributed by atoms with E-state index in [-0.39, 0.29) is 23.0 Å². The van der Waals surface area contributed by atoms with E-state index in [0.717, 1.165) is 32.1 Å². The lowest BCUT2D eigenvalue weighted by atomic mass is 9.71. The van der Waals surface area contributed by atoms with E-state index in [1.54, 1.807) is 0 Å². The van der Waals surface area contributed by atoms with Crippen molar-refractivity contribution in [1.82, 2.24) is 10.2 Å². The number of alkyl carbamates (subject to hydrolysis) is 1. The van der Waals surface area contributed by atoms with E-state index < -0.39 is 0 Å². The number of carbonyl (C=O) groups is 2. The zero-order chi connectivity index (χ0) is 16.8. The van der Waals surface area contributed by atoms with Crippen molar-refractivity contribution in [2.75, 3.05) is 19.7 Å². The molecule has 2 aliphatic heterocycles. The summed E-state index contributed by atoms with van der Waals surface area (Å²) in [5.74, 6) is 0.261. The predicted octanol–water partition coefficient (Wildman–Crippen LogP) is 2.28. The molecule has 2 fully saturated rings. The van der Waals surface area contributed by atoms with Crippen molar-refractivity contribution < 1.29 is 14.3 Å². The van der Waals surface area contributed by atoms with Crippen molar-refractivity contribution in [3.8, 4) is 0 Å². The molecule has 4 rings (SSSR count). The molecule has 1 N–H and O–H groups in total. The fraction of sp³-hybridized carbons (Fsp3) is 0.579. The Morgan fingerprint density at radius 3 is 2.54 bits per heavy atom. The lowest BCUT2D eigenvalue weighted by molar-refractivity contribution is -0.143. The Morgan fingerprint density at radius 2 is 1.88 bits per heavy atom. The van der Waals surface area contributed by atoms with E-state index >= 15 is 0 Å². The van der Waals surface area contributed by atoms with Gasteiger partial charge in [0, 0.05) is 13.1 Å². The summed E-state index contributed by atoms with van der Waals surface area (Å²) in [4.78, 5) is 26.5. The lowest BCUT2D eigenvalue weighted by Gasteiger charge is -2.43. The van der Waals surface area contributed by atoms with Gasteiger partial charge in [-0.15, -0.1) is 0 Å². The molecule has 0 bridgehead atoms. The zero-order valence-electron chi connectivity index (χ0n) is 14.1. The van der Waals surface area contributed by atoms with Crippen LogP contribution < -0.4 is 5.32 Å². The van der Waals surface area contributed by atoms with Gasteiger partial charge in [-0.3, -0.25) is 4.79 Å². The second kappa shape index (κ2) is 5.50. The molecule has 0 aromatic heterocycles. The highest BCUT2D eigenvalue weighted by atomic mass is 16.6. The Balaban J connectivity index is 1.44. The number of amides is 2. The van der Waals surface area contributed by atoms with Crippen LogP contribution in [0.3, 0.4) is 0 Å². The van der Waals surface area contributed by atoms with Crippen molar-refractivity contribution in [1.29, 1.82) is 0 Å². The molecule has 1 unspecified atom stereocenters. The molecule has 0 radical (unpaired) electrons. The lowest BCUT2D eigenvalue weighted by Crippen LogP contribution is -2.56. The van der Waals surface area contributed by atoms with Gasteiger partial charge in [0.05, 0.1) is 11.0 Å². The molecule has 2 heterocycles. The summed E-state index contributed by atoms with van der Waals surface area (Å²) in [5.41, 5.74) is 2.12. The summed E-state index contributed by atoms with van der Waals surface area (Å²) in [6.45, 7) is 3.92. The maximum absolute atomic E-state index is 13.2. The van der Waals surface area contributed by atoms with Crippen LogP contribution in [0.15, 0.2) is 24.3 Å². The number of aryl methyl sites for hydroxylation is 1. The second-order valence-corrected chi connectivity index (χ2v) is 7.78. The van der Waals surface area contributed by atoms with Gasteiger partial charge in [0.15, 0.2) is 0 Å². The minimum Gasteiger partial charge on any atom is -0.447 e. The average molecular weight is 328 g/mol. The van der Waals surface area contributed by atoms with E-state index in [4.69, 9.17) is 4.74 Å². The van der Waals surface area contributed by atoms with E-state index in [1.165, 1.54) is 11.1 Å². The zero-order valence-corrected chi connectivity index (χ0v) is 14.1. The normalized spacial score (nSPS) is 28.2. The van der Waals surface area contributed by atoms with Crippen LogP contribution in [0.2, 0.25) is 0 Å².